The van der Waals surface area contributed by atoms with Crippen LogP contribution in [0.1, 0.15) is 23.5 Å². The molecule has 2 rings (SSSR count). The first kappa shape index (κ1) is 10.9. The van der Waals surface area contributed by atoms with Gasteiger partial charge in [-0.2, -0.15) is 0 Å². The maximum absolute atomic E-state index is 9.19. The number of aromatic nitrogens is 2. The molecule has 0 spiro atoms. The van der Waals surface area contributed by atoms with E-state index in [0.717, 1.165) is 15.7 Å². The predicted octanol–water partition coefficient (Wildman–Crippen LogP) is 2.73. The predicted molar refractivity (Wildman–Crippen MR) is 64.8 cm³/mol. The van der Waals surface area contributed by atoms with E-state index in [4.69, 9.17) is 0 Å². The van der Waals surface area contributed by atoms with Gasteiger partial charge in [0.25, 0.3) is 0 Å². The third-order valence-corrected chi connectivity index (χ3v) is 3.03. The lowest BCUT2D eigenvalue weighted by molar-refractivity contribution is 0.475. The summed E-state index contributed by atoms with van der Waals surface area (Å²) in [6.45, 7) is 3.97. The van der Waals surface area contributed by atoms with Gasteiger partial charge in [0, 0.05) is 0 Å². The number of anilines is 1. The van der Waals surface area contributed by atoms with Crippen LogP contribution < -0.4 is 5.32 Å². The third-order valence-electron chi connectivity index (χ3n) is 2.26. The first-order chi connectivity index (χ1) is 7.65. The molecule has 0 amide bonds. The summed E-state index contributed by atoms with van der Waals surface area (Å²) >= 11 is 1.53. The quantitative estimate of drug-likeness (QED) is 0.858. The number of phenolic OH excluding ortho intramolecular Hbond substituents is 1. The third kappa shape index (κ3) is 2.49. The van der Waals surface area contributed by atoms with Crippen LogP contribution in [0.4, 0.5) is 5.13 Å². The van der Waals surface area contributed by atoms with E-state index in [0.29, 0.717) is 0 Å². The molecule has 16 heavy (non-hydrogen) atoms. The van der Waals surface area contributed by atoms with E-state index in [9.17, 15) is 5.11 Å². The maximum Gasteiger partial charge on any atom is 0.206 e. The van der Waals surface area contributed by atoms with Gasteiger partial charge in [-0.25, -0.2) is 0 Å². The van der Waals surface area contributed by atoms with E-state index < -0.39 is 0 Å². The van der Waals surface area contributed by atoms with Crippen LogP contribution in [0.3, 0.4) is 0 Å². The van der Waals surface area contributed by atoms with Crippen LogP contribution in [0.15, 0.2) is 24.3 Å². The van der Waals surface area contributed by atoms with Crippen molar-refractivity contribution in [1.29, 1.82) is 0 Å². The molecule has 0 aliphatic carbocycles. The van der Waals surface area contributed by atoms with Crippen molar-refractivity contribution in [2.24, 2.45) is 0 Å². The highest BCUT2D eigenvalue weighted by atomic mass is 32.1. The van der Waals surface area contributed by atoms with E-state index in [1.165, 1.54) is 11.3 Å². The number of aryl methyl sites for hydroxylation is 1. The van der Waals surface area contributed by atoms with E-state index in [-0.39, 0.29) is 11.8 Å². The SMILES string of the molecule is Cc1nnc(NC(C)c2ccc(O)cc2)s1. The molecule has 84 valence electrons. The maximum atomic E-state index is 9.19. The molecule has 0 radical (unpaired) electrons. The molecule has 5 heteroatoms. The number of aromatic hydroxyl groups is 1. The molecule has 0 saturated carbocycles. The first-order valence-electron chi connectivity index (χ1n) is 5.01. The summed E-state index contributed by atoms with van der Waals surface area (Å²) in [5.41, 5.74) is 1.10. The highest BCUT2D eigenvalue weighted by molar-refractivity contribution is 7.15. The zero-order valence-electron chi connectivity index (χ0n) is 9.14. The molecule has 0 fully saturated rings. The highest BCUT2D eigenvalue weighted by Crippen LogP contribution is 2.22. The fourth-order valence-corrected chi connectivity index (χ4v) is 2.07. The van der Waals surface area contributed by atoms with Crippen molar-refractivity contribution in [3.8, 4) is 5.75 Å². The molecule has 2 aromatic rings. The van der Waals surface area contributed by atoms with Gasteiger partial charge >= 0.3 is 0 Å². The molecule has 1 atom stereocenters. The first-order valence-corrected chi connectivity index (χ1v) is 5.82. The van der Waals surface area contributed by atoms with Crippen LogP contribution in [0.5, 0.6) is 5.75 Å². The summed E-state index contributed by atoms with van der Waals surface area (Å²) in [7, 11) is 0. The second-order valence-electron chi connectivity index (χ2n) is 3.58. The zero-order chi connectivity index (χ0) is 11.5. The number of phenols is 1. The van der Waals surface area contributed by atoms with Gasteiger partial charge in [0.1, 0.15) is 10.8 Å². The van der Waals surface area contributed by atoms with Crippen molar-refractivity contribution in [3.05, 3.63) is 34.8 Å². The topological polar surface area (TPSA) is 58.0 Å². The van der Waals surface area contributed by atoms with Gasteiger partial charge < -0.3 is 10.4 Å². The minimum Gasteiger partial charge on any atom is -0.508 e. The number of hydrogen-bond acceptors (Lipinski definition) is 5. The lowest BCUT2D eigenvalue weighted by atomic mass is 10.1. The van der Waals surface area contributed by atoms with Crippen LogP contribution >= 0.6 is 11.3 Å². The van der Waals surface area contributed by atoms with Crippen molar-refractivity contribution in [2.75, 3.05) is 5.32 Å². The molecule has 0 saturated heterocycles. The Hall–Kier alpha value is -1.62. The summed E-state index contributed by atoms with van der Waals surface area (Å²) in [5, 5.41) is 22.2. The molecular weight excluding hydrogens is 222 g/mol. The minimum atomic E-state index is 0.146. The van der Waals surface area contributed by atoms with Crippen LogP contribution in [-0.2, 0) is 0 Å². The Bertz CT molecular complexity index is 466. The van der Waals surface area contributed by atoms with Gasteiger partial charge in [-0.15, -0.1) is 10.2 Å². The van der Waals surface area contributed by atoms with Crippen molar-refractivity contribution in [2.45, 2.75) is 19.9 Å². The van der Waals surface area contributed by atoms with E-state index in [1.54, 1.807) is 12.1 Å². The lowest BCUT2D eigenvalue weighted by Gasteiger charge is -2.12. The molecule has 1 aromatic heterocycles. The van der Waals surface area contributed by atoms with Crippen LogP contribution in [0.25, 0.3) is 0 Å². The standard InChI is InChI=1S/C11H13N3OS/c1-7(9-3-5-10(15)6-4-9)12-11-14-13-8(2)16-11/h3-7,15H,1-2H3,(H,12,14). The Kier molecular flexibility index (Phi) is 3.05. The smallest absolute Gasteiger partial charge is 0.206 e. The minimum absolute atomic E-state index is 0.146. The lowest BCUT2D eigenvalue weighted by Crippen LogP contribution is -2.05. The zero-order valence-corrected chi connectivity index (χ0v) is 9.95. The summed E-state index contributed by atoms with van der Waals surface area (Å²) < 4.78 is 0. The number of benzene rings is 1. The Morgan fingerprint density at radius 3 is 2.50 bits per heavy atom. The molecular formula is C11H13N3OS. The van der Waals surface area contributed by atoms with E-state index in [2.05, 4.69) is 15.5 Å². The fourth-order valence-electron chi connectivity index (χ4n) is 1.39. The van der Waals surface area contributed by atoms with Crippen molar-refractivity contribution in [1.82, 2.24) is 10.2 Å². The number of hydrogen-bond donors (Lipinski definition) is 2. The van der Waals surface area contributed by atoms with Crippen LogP contribution in [0.2, 0.25) is 0 Å². The number of nitrogens with zero attached hydrogens (tertiary/aromatic N) is 2. The van der Waals surface area contributed by atoms with Gasteiger partial charge in [0.2, 0.25) is 5.13 Å². The molecule has 0 aliphatic rings. The Balaban J connectivity index is 2.08. The van der Waals surface area contributed by atoms with E-state index in [1.807, 2.05) is 26.0 Å². The highest BCUT2D eigenvalue weighted by Gasteiger charge is 2.07. The van der Waals surface area contributed by atoms with Gasteiger partial charge in [-0.05, 0) is 31.5 Å². The van der Waals surface area contributed by atoms with Gasteiger partial charge in [-0.3, -0.25) is 0 Å². The van der Waals surface area contributed by atoms with Gasteiger partial charge in [-0.1, -0.05) is 23.5 Å². The van der Waals surface area contributed by atoms with Crippen molar-refractivity contribution < 1.29 is 5.11 Å². The summed E-state index contributed by atoms with van der Waals surface area (Å²) in [4.78, 5) is 0. The molecule has 1 unspecified atom stereocenters. The van der Waals surface area contributed by atoms with Crippen LogP contribution in [0, 0.1) is 6.92 Å². The number of rotatable bonds is 3. The summed E-state index contributed by atoms with van der Waals surface area (Å²) in [6.07, 6.45) is 0. The Morgan fingerprint density at radius 1 is 1.25 bits per heavy atom. The second-order valence-corrected chi connectivity index (χ2v) is 4.77. The molecule has 4 nitrogen and oxygen atoms in total. The number of nitrogens with one attached hydrogen (secondary N) is 1. The van der Waals surface area contributed by atoms with E-state index >= 15 is 0 Å². The summed E-state index contributed by atoms with van der Waals surface area (Å²) in [6, 6.07) is 7.28. The Morgan fingerprint density at radius 2 is 1.94 bits per heavy atom. The average Bonchev–Trinajstić information content (AvgIpc) is 2.65. The average molecular weight is 235 g/mol. The molecule has 0 bridgehead atoms. The molecule has 1 heterocycles. The normalized spacial score (nSPS) is 12.4. The van der Waals surface area contributed by atoms with Crippen molar-refractivity contribution in [3.63, 3.8) is 0 Å². The van der Waals surface area contributed by atoms with Crippen molar-refractivity contribution >= 4 is 16.5 Å². The monoisotopic (exact) mass is 235 g/mol. The largest absolute Gasteiger partial charge is 0.508 e. The molecule has 2 N–H and O–H groups in total. The fraction of sp³-hybridized carbons (Fsp3) is 0.273. The van der Waals surface area contributed by atoms with Gasteiger partial charge in [0.05, 0.1) is 6.04 Å². The molecule has 1 aromatic carbocycles. The summed E-state index contributed by atoms with van der Waals surface area (Å²) in [5.74, 6) is 0.280. The van der Waals surface area contributed by atoms with Crippen LogP contribution in [-0.4, -0.2) is 15.3 Å². The second kappa shape index (κ2) is 4.49. The van der Waals surface area contributed by atoms with Gasteiger partial charge in [0.15, 0.2) is 0 Å². The molecule has 0 aliphatic heterocycles. The Labute approximate surface area is 98.0 Å².